The molecule has 6 heteroatoms. The molecule has 0 radical (unpaired) electrons. The molecule has 1 rings (SSSR count). The third-order valence-electron chi connectivity index (χ3n) is 0.883. The van der Waals surface area contributed by atoms with Crippen molar-refractivity contribution in [2.24, 2.45) is 0 Å². The Hall–Kier alpha value is -0.858. The molecule has 1 heterocycles. The predicted molar refractivity (Wildman–Crippen MR) is 38.2 cm³/mol. The molecule has 1 aromatic rings. The van der Waals surface area contributed by atoms with Gasteiger partial charge in [0.2, 0.25) is 0 Å². The molecule has 0 bridgehead atoms. The SMILES string of the molecule is O=C(O)CC(=O)O.[Cd][c]1ccco1. The first-order valence-corrected chi connectivity index (χ1v) is 5.33. The molecule has 0 unspecified atom stereocenters. The topological polar surface area (TPSA) is 87.7 Å². The standard InChI is InChI=1S/C4H3O.C3H4O4.Cd/c1-2-4-5-3-1;4-2(5)1-3(6)7;/h1-3H;1H2,(H,4,5)(H,6,7);. The van der Waals surface area contributed by atoms with Gasteiger partial charge < -0.3 is 10.2 Å². The van der Waals surface area contributed by atoms with Crippen LogP contribution in [0.1, 0.15) is 6.42 Å². The quantitative estimate of drug-likeness (QED) is 0.589. The number of carboxylic acid groups (broad SMARTS) is 2. The minimum absolute atomic E-state index is 0.806. The van der Waals surface area contributed by atoms with Crippen molar-refractivity contribution >= 4 is 15.3 Å². The molecule has 0 fully saturated rings. The molecule has 5 nitrogen and oxygen atoms in total. The zero-order chi connectivity index (χ0) is 10.3. The average molecular weight is 284 g/mol. The van der Waals surface area contributed by atoms with Crippen molar-refractivity contribution in [3.05, 3.63) is 18.4 Å². The van der Waals surface area contributed by atoms with Gasteiger partial charge in [0.15, 0.2) is 0 Å². The van der Waals surface area contributed by atoms with Crippen LogP contribution in [0.25, 0.3) is 0 Å². The Bertz CT molecular complexity index is 254. The molecule has 0 atom stereocenters. The number of hydrogen-bond donors (Lipinski definition) is 2. The summed E-state index contributed by atoms with van der Waals surface area (Å²) in [5, 5.41) is 15.4. The van der Waals surface area contributed by atoms with Gasteiger partial charge >= 0.3 is 63.8 Å². The maximum atomic E-state index is 9.43. The summed E-state index contributed by atoms with van der Waals surface area (Å²) < 4.78 is 6.05. The van der Waals surface area contributed by atoms with Crippen molar-refractivity contribution in [3.8, 4) is 0 Å². The number of carboxylic acids is 2. The fourth-order valence-electron chi connectivity index (χ4n) is 0.442. The first kappa shape index (κ1) is 12.1. The van der Waals surface area contributed by atoms with Crippen molar-refractivity contribution in [2.45, 2.75) is 6.42 Å². The van der Waals surface area contributed by atoms with E-state index in [0.29, 0.717) is 0 Å². The molecule has 13 heavy (non-hydrogen) atoms. The Kier molecular flexibility index (Phi) is 6.20. The van der Waals surface area contributed by atoms with Crippen LogP contribution < -0.4 is 3.32 Å². The van der Waals surface area contributed by atoms with Crippen molar-refractivity contribution in [3.63, 3.8) is 0 Å². The number of carbonyl (C=O) groups is 2. The van der Waals surface area contributed by atoms with Crippen molar-refractivity contribution < 1.29 is 50.0 Å². The first-order valence-electron chi connectivity index (χ1n) is 3.31. The fourth-order valence-corrected chi connectivity index (χ4v) is 1.10. The van der Waals surface area contributed by atoms with Crippen molar-refractivity contribution in [1.29, 1.82) is 0 Å². The Morgan fingerprint density at radius 3 is 2.00 bits per heavy atom. The molecular weight excluding hydrogens is 276 g/mol. The molecule has 0 aliphatic carbocycles. The van der Waals surface area contributed by atoms with E-state index in [1.807, 2.05) is 12.1 Å². The van der Waals surface area contributed by atoms with E-state index < -0.39 is 18.4 Å². The second-order valence-corrected chi connectivity index (χ2v) is 4.03. The van der Waals surface area contributed by atoms with Crippen LogP contribution in [0.3, 0.4) is 0 Å². The molecule has 0 aliphatic rings. The number of aliphatic carboxylic acids is 2. The van der Waals surface area contributed by atoms with Crippen LogP contribution in [-0.4, -0.2) is 22.2 Å². The van der Waals surface area contributed by atoms with Crippen LogP contribution in [0.2, 0.25) is 0 Å². The minimum atomic E-state index is -1.31. The van der Waals surface area contributed by atoms with E-state index in [0.717, 1.165) is 29.1 Å². The van der Waals surface area contributed by atoms with Gasteiger partial charge in [-0.25, -0.2) is 0 Å². The Morgan fingerprint density at radius 1 is 1.38 bits per heavy atom. The van der Waals surface area contributed by atoms with Gasteiger partial charge in [-0.15, -0.1) is 0 Å². The van der Waals surface area contributed by atoms with Crippen LogP contribution in [0.4, 0.5) is 0 Å². The summed E-state index contributed by atoms with van der Waals surface area (Å²) in [7, 11) is 0. The van der Waals surface area contributed by atoms with Gasteiger partial charge in [0.05, 0.1) is 0 Å². The number of hydrogen-bond acceptors (Lipinski definition) is 3. The third kappa shape index (κ3) is 9.05. The monoisotopic (exact) mass is 285 g/mol. The van der Waals surface area contributed by atoms with Gasteiger partial charge in [-0.05, 0) is 0 Å². The van der Waals surface area contributed by atoms with E-state index in [2.05, 4.69) is 0 Å². The van der Waals surface area contributed by atoms with E-state index >= 15 is 0 Å². The van der Waals surface area contributed by atoms with Gasteiger partial charge in [-0.1, -0.05) is 0 Å². The first-order chi connectivity index (χ1) is 6.02. The molecule has 0 saturated carbocycles. The van der Waals surface area contributed by atoms with Crippen LogP contribution in [0.5, 0.6) is 0 Å². The molecule has 2 N–H and O–H groups in total. The summed E-state index contributed by atoms with van der Waals surface area (Å²) in [5.74, 6) is -2.62. The summed E-state index contributed by atoms with van der Waals surface area (Å²) >= 11 is 0.831. The second-order valence-electron chi connectivity index (χ2n) is 2.04. The van der Waals surface area contributed by atoms with E-state index in [9.17, 15) is 9.59 Å². The predicted octanol–water partition coefficient (Wildman–Crippen LogP) is -0.00260. The Labute approximate surface area is 90.0 Å². The normalized spacial score (nSPS) is 8.46. The third-order valence-corrected chi connectivity index (χ3v) is 2.03. The van der Waals surface area contributed by atoms with Crippen molar-refractivity contribution in [1.82, 2.24) is 0 Å². The summed E-state index contributed by atoms with van der Waals surface area (Å²) in [5.41, 5.74) is 0. The van der Waals surface area contributed by atoms with Gasteiger partial charge in [0, 0.05) is 0 Å². The van der Waals surface area contributed by atoms with E-state index in [-0.39, 0.29) is 0 Å². The molecule has 67 valence electrons. The Balaban J connectivity index is 0.000000223. The Morgan fingerprint density at radius 2 is 1.92 bits per heavy atom. The molecule has 0 saturated heterocycles. The molecule has 0 amide bonds. The van der Waals surface area contributed by atoms with Gasteiger partial charge in [0.25, 0.3) is 0 Å². The van der Waals surface area contributed by atoms with E-state index in [4.69, 9.17) is 14.6 Å². The van der Waals surface area contributed by atoms with Gasteiger partial charge in [0.1, 0.15) is 6.42 Å². The average Bonchev–Trinajstić information content (AvgIpc) is 2.37. The van der Waals surface area contributed by atoms with Gasteiger partial charge in [-0.2, -0.15) is 0 Å². The molecule has 1 aromatic heterocycles. The van der Waals surface area contributed by atoms with Gasteiger partial charge in [-0.3, -0.25) is 9.59 Å². The van der Waals surface area contributed by atoms with Crippen molar-refractivity contribution in [2.75, 3.05) is 0 Å². The molecular formula is C7H7CdO5. The summed E-state index contributed by atoms with van der Waals surface area (Å²) in [6, 6.07) is 3.91. The summed E-state index contributed by atoms with van der Waals surface area (Å²) in [6.45, 7) is 0. The molecule has 0 aromatic carbocycles. The van der Waals surface area contributed by atoms with E-state index in [1.54, 1.807) is 6.26 Å². The van der Waals surface area contributed by atoms with Crippen LogP contribution in [0, 0.1) is 0 Å². The zero-order valence-electron chi connectivity index (χ0n) is 6.77. The van der Waals surface area contributed by atoms with Crippen LogP contribution >= 0.6 is 0 Å². The summed E-state index contributed by atoms with van der Waals surface area (Å²) in [4.78, 5) is 18.9. The molecule has 0 aliphatic heterocycles. The molecule has 0 spiro atoms. The zero-order valence-corrected chi connectivity index (χ0v) is 10.8. The summed E-state index contributed by atoms with van der Waals surface area (Å²) in [6.07, 6.45) is 0.899. The van der Waals surface area contributed by atoms with Crippen LogP contribution in [0.15, 0.2) is 22.8 Å². The fraction of sp³-hybridized carbons (Fsp3) is 0.143. The maximum absolute atomic E-state index is 9.43. The van der Waals surface area contributed by atoms with Crippen LogP contribution in [-0.2, 0) is 35.4 Å². The number of furan rings is 1. The number of rotatable bonds is 2. The second kappa shape index (κ2) is 6.64. The van der Waals surface area contributed by atoms with E-state index in [1.165, 1.54) is 0 Å².